The molecule has 11 heavy (non-hydrogen) atoms. The Morgan fingerprint density at radius 1 is 1.64 bits per heavy atom. The van der Waals surface area contributed by atoms with Crippen molar-refractivity contribution in [2.24, 2.45) is 17.8 Å². The van der Waals surface area contributed by atoms with Gasteiger partial charge in [-0.3, -0.25) is 0 Å². The highest BCUT2D eigenvalue weighted by atomic mass is 14.4. The van der Waals surface area contributed by atoms with Crippen LogP contribution in [0.4, 0.5) is 0 Å². The molecule has 0 radical (unpaired) electrons. The van der Waals surface area contributed by atoms with Gasteiger partial charge in [-0.1, -0.05) is 31.2 Å². The zero-order valence-corrected chi connectivity index (χ0v) is 7.80. The smallest absolute Gasteiger partial charge is 0.0196 e. The van der Waals surface area contributed by atoms with Crippen LogP contribution in [0.15, 0.2) is 24.3 Å². The average Bonchev–Trinajstić information content (AvgIpc) is 2.67. The maximum atomic E-state index is 3.99. The van der Waals surface area contributed by atoms with Crippen molar-refractivity contribution in [2.75, 3.05) is 0 Å². The summed E-state index contributed by atoms with van der Waals surface area (Å²) >= 11 is 0. The Labute approximate surface area is 70.0 Å². The van der Waals surface area contributed by atoms with Gasteiger partial charge in [-0.15, -0.1) is 0 Å². The molecule has 0 aromatic heterocycles. The van der Waals surface area contributed by atoms with Gasteiger partial charge in [0.05, 0.1) is 0 Å². The van der Waals surface area contributed by atoms with Crippen molar-refractivity contribution in [3.05, 3.63) is 24.3 Å². The van der Waals surface area contributed by atoms with E-state index in [0.29, 0.717) is 0 Å². The molecule has 0 nitrogen and oxygen atoms in total. The van der Waals surface area contributed by atoms with Crippen molar-refractivity contribution < 1.29 is 0 Å². The summed E-state index contributed by atoms with van der Waals surface area (Å²) in [6.45, 7) is 10.5. The lowest BCUT2D eigenvalue weighted by atomic mass is 9.97. The van der Waals surface area contributed by atoms with Crippen LogP contribution in [-0.4, -0.2) is 0 Å². The van der Waals surface area contributed by atoms with E-state index in [0.717, 1.165) is 17.8 Å². The lowest BCUT2D eigenvalue weighted by Crippen LogP contribution is -1.98. The minimum absolute atomic E-state index is 0.719. The molecule has 0 aliphatic heterocycles. The molecule has 0 aromatic carbocycles. The van der Waals surface area contributed by atoms with E-state index >= 15 is 0 Å². The highest BCUT2D eigenvalue weighted by Crippen LogP contribution is 2.47. The number of allylic oxidation sites excluding steroid dienone is 3. The summed E-state index contributed by atoms with van der Waals surface area (Å²) in [6, 6.07) is 0. The Bertz CT molecular complexity index is 176. The predicted molar refractivity (Wildman–Crippen MR) is 50.4 cm³/mol. The van der Waals surface area contributed by atoms with Gasteiger partial charge < -0.3 is 0 Å². The molecule has 1 aliphatic rings. The lowest BCUT2D eigenvalue weighted by molar-refractivity contribution is 0.571. The molecule has 3 unspecified atom stereocenters. The van der Waals surface area contributed by atoms with Gasteiger partial charge in [0.25, 0.3) is 0 Å². The van der Waals surface area contributed by atoms with Crippen LogP contribution in [0.2, 0.25) is 0 Å². The molecule has 0 heterocycles. The summed E-state index contributed by atoms with van der Waals surface area (Å²) in [5.41, 5.74) is 1.34. The monoisotopic (exact) mass is 150 g/mol. The lowest BCUT2D eigenvalue weighted by Gasteiger charge is -2.08. The average molecular weight is 150 g/mol. The van der Waals surface area contributed by atoms with E-state index in [1.165, 1.54) is 12.0 Å². The van der Waals surface area contributed by atoms with E-state index in [9.17, 15) is 0 Å². The maximum Gasteiger partial charge on any atom is -0.0196 e. The summed E-state index contributed by atoms with van der Waals surface area (Å²) in [4.78, 5) is 0. The highest BCUT2D eigenvalue weighted by Gasteiger charge is 2.38. The van der Waals surface area contributed by atoms with Crippen LogP contribution in [0.3, 0.4) is 0 Å². The van der Waals surface area contributed by atoms with Crippen LogP contribution in [0.1, 0.15) is 27.2 Å². The van der Waals surface area contributed by atoms with E-state index in [1.807, 2.05) is 0 Å². The normalized spacial score (nSPS) is 32.3. The van der Waals surface area contributed by atoms with Crippen LogP contribution in [0.5, 0.6) is 0 Å². The Hall–Kier alpha value is -0.520. The molecule has 62 valence electrons. The molecule has 1 saturated carbocycles. The van der Waals surface area contributed by atoms with Crippen molar-refractivity contribution in [3.63, 3.8) is 0 Å². The summed E-state index contributed by atoms with van der Waals surface area (Å²) < 4.78 is 0. The molecule has 0 spiro atoms. The second-order valence-electron chi connectivity index (χ2n) is 3.72. The summed E-state index contributed by atoms with van der Waals surface area (Å²) in [7, 11) is 0. The Morgan fingerprint density at radius 2 is 2.27 bits per heavy atom. The van der Waals surface area contributed by atoms with E-state index < -0.39 is 0 Å². The molecule has 1 aliphatic carbocycles. The van der Waals surface area contributed by atoms with Gasteiger partial charge in [0.15, 0.2) is 0 Å². The van der Waals surface area contributed by atoms with E-state index in [4.69, 9.17) is 0 Å². The molecule has 0 heteroatoms. The van der Waals surface area contributed by atoms with Crippen LogP contribution >= 0.6 is 0 Å². The van der Waals surface area contributed by atoms with Crippen molar-refractivity contribution in [1.29, 1.82) is 0 Å². The molecule has 0 aromatic rings. The van der Waals surface area contributed by atoms with Gasteiger partial charge in [-0.25, -0.2) is 0 Å². The van der Waals surface area contributed by atoms with Crippen LogP contribution in [-0.2, 0) is 0 Å². The third kappa shape index (κ3) is 1.95. The number of hydrogen-bond donors (Lipinski definition) is 0. The van der Waals surface area contributed by atoms with E-state index in [2.05, 4.69) is 39.5 Å². The van der Waals surface area contributed by atoms with E-state index in [1.54, 1.807) is 0 Å². The summed E-state index contributed by atoms with van der Waals surface area (Å²) in [5, 5.41) is 0. The first-order valence-corrected chi connectivity index (χ1v) is 4.45. The number of hydrogen-bond acceptors (Lipinski definition) is 0. The van der Waals surface area contributed by atoms with Gasteiger partial charge >= 0.3 is 0 Å². The molecule has 0 saturated heterocycles. The minimum Gasteiger partial charge on any atom is -0.0999 e. The van der Waals surface area contributed by atoms with Gasteiger partial charge in [0, 0.05) is 0 Å². The first kappa shape index (κ1) is 8.58. The van der Waals surface area contributed by atoms with Crippen molar-refractivity contribution in [3.8, 4) is 0 Å². The minimum atomic E-state index is 0.719. The zero-order valence-electron chi connectivity index (χ0n) is 7.80. The molecular formula is C11H18. The first-order valence-electron chi connectivity index (χ1n) is 4.45. The topological polar surface area (TPSA) is 0 Å². The fraction of sp³-hybridized carbons (Fsp3) is 0.636. The summed E-state index contributed by atoms with van der Waals surface area (Å²) in [6.07, 6.45) is 5.86. The Kier molecular flexibility index (Phi) is 2.53. The molecule has 0 bridgehead atoms. The SMILES string of the molecule is C=C(C)C(C)C1CC1C=CC. The zero-order chi connectivity index (χ0) is 8.43. The summed E-state index contributed by atoms with van der Waals surface area (Å²) in [5.74, 6) is 2.46. The third-order valence-electron chi connectivity index (χ3n) is 2.75. The fourth-order valence-corrected chi connectivity index (χ4v) is 1.64. The maximum absolute atomic E-state index is 3.99. The molecular weight excluding hydrogens is 132 g/mol. The predicted octanol–water partition coefficient (Wildman–Crippen LogP) is 3.41. The quantitative estimate of drug-likeness (QED) is 0.541. The van der Waals surface area contributed by atoms with Crippen LogP contribution in [0, 0.1) is 17.8 Å². The second kappa shape index (κ2) is 3.25. The number of rotatable bonds is 3. The van der Waals surface area contributed by atoms with E-state index in [-0.39, 0.29) is 0 Å². The fourth-order valence-electron chi connectivity index (χ4n) is 1.64. The van der Waals surface area contributed by atoms with Crippen LogP contribution < -0.4 is 0 Å². The standard InChI is InChI=1S/C11H18/c1-5-6-10-7-11(10)9(4)8(2)3/h5-6,9-11H,2,7H2,1,3-4H3. The highest BCUT2D eigenvalue weighted by molar-refractivity contribution is 5.09. The van der Waals surface area contributed by atoms with Crippen molar-refractivity contribution in [2.45, 2.75) is 27.2 Å². The molecule has 1 rings (SSSR count). The molecule has 1 fully saturated rings. The third-order valence-corrected chi connectivity index (χ3v) is 2.75. The second-order valence-corrected chi connectivity index (χ2v) is 3.72. The Balaban J connectivity index is 2.37. The van der Waals surface area contributed by atoms with Gasteiger partial charge in [-0.05, 0) is 38.0 Å². The van der Waals surface area contributed by atoms with Crippen LogP contribution in [0.25, 0.3) is 0 Å². The molecule has 0 amide bonds. The Morgan fingerprint density at radius 3 is 2.73 bits per heavy atom. The molecule has 3 atom stereocenters. The van der Waals surface area contributed by atoms with Gasteiger partial charge in [0.2, 0.25) is 0 Å². The van der Waals surface area contributed by atoms with Gasteiger partial charge in [0.1, 0.15) is 0 Å². The van der Waals surface area contributed by atoms with Crippen molar-refractivity contribution in [1.82, 2.24) is 0 Å². The molecule has 0 N–H and O–H groups in total. The van der Waals surface area contributed by atoms with Crippen molar-refractivity contribution >= 4 is 0 Å². The van der Waals surface area contributed by atoms with Gasteiger partial charge in [-0.2, -0.15) is 0 Å². The largest absolute Gasteiger partial charge is 0.0999 e. The first-order chi connectivity index (χ1) is 5.16.